The van der Waals surface area contributed by atoms with Crippen LogP contribution in [0.2, 0.25) is 10.0 Å². The van der Waals surface area contributed by atoms with E-state index in [0.717, 1.165) is 59.9 Å². The van der Waals surface area contributed by atoms with Gasteiger partial charge < -0.3 is 15.5 Å². The van der Waals surface area contributed by atoms with Crippen LogP contribution in [0, 0.1) is 0 Å². The van der Waals surface area contributed by atoms with Gasteiger partial charge in [0.15, 0.2) is 5.65 Å². The molecule has 2 aromatic heterocycles. The largest absolute Gasteiger partial charge is 0.366 e. The number of benzene rings is 2. The number of nitrogens with one attached hydrogen (secondary N) is 2. The molecule has 4 aromatic rings. The van der Waals surface area contributed by atoms with Crippen LogP contribution in [-0.4, -0.2) is 38.6 Å². The van der Waals surface area contributed by atoms with Crippen LogP contribution in [0.1, 0.15) is 18.4 Å². The van der Waals surface area contributed by atoms with E-state index in [1.54, 1.807) is 16.8 Å². The van der Waals surface area contributed by atoms with Gasteiger partial charge in [0, 0.05) is 53.1 Å². The predicted octanol–water partition coefficient (Wildman–Crippen LogP) is 5.94. The smallest absolute Gasteiger partial charge is 0.321 e. The van der Waals surface area contributed by atoms with Crippen molar-refractivity contribution < 1.29 is 4.79 Å². The lowest BCUT2D eigenvalue weighted by molar-refractivity contribution is 0.222. The molecule has 5 rings (SSSR count). The van der Waals surface area contributed by atoms with Crippen molar-refractivity contribution in [2.45, 2.75) is 19.4 Å². The summed E-state index contributed by atoms with van der Waals surface area (Å²) in [5.74, 6) is 0.789. The van der Waals surface area contributed by atoms with Gasteiger partial charge in [0.05, 0.1) is 11.9 Å². The molecule has 168 valence electrons. The third-order valence-corrected chi connectivity index (χ3v) is 6.25. The van der Waals surface area contributed by atoms with Gasteiger partial charge >= 0.3 is 6.03 Å². The molecule has 3 heterocycles. The molecule has 2 amide bonds. The number of carbonyl (C=O) groups is 1. The molecule has 0 saturated carbocycles. The molecule has 1 aliphatic heterocycles. The quantitative estimate of drug-likeness (QED) is 0.370. The Labute approximate surface area is 201 Å². The number of aromatic nitrogens is 3. The monoisotopic (exact) mass is 480 g/mol. The van der Waals surface area contributed by atoms with E-state index in [-0.39, 0.29) is 6.03 Å². The van der Waals surface area contributed by atoms with Gasteiger partial charge in [-0.2, -0.15) is 9.61 Å². The number of fused-ring (bicyclic) bond motifs is 1. The number of hydrogen-bond donors (Lipinski definition) is 2. The zero-order chi connectivity index (χ0) is 22.8. The summed E-state index contributed by atoms with van der Waals surface area (Å²) in [7, 11) is 0. The zero-order valence-electron chi connectivity index (χ0n) is 17.8. The summed E-state index contributed by atoms with van der Waals surface area (Å²) in [5.41, 5.74) is 4.15. The maximum absolute atomic E-state index is 12.3. The first-order chi connectivity index (χ1) is 16.1. The Morgan fingerprint density at radius 2 is 1.79 bits per heavy atom. The summed E-state index contributed by atoms with van der Waals surface area (Å²) >= 11 is 12.3. The molecule has 33 heavy (non-hydrogen) atoms. The Morgan fingerprint density at radius 3 is 2.55 bits per heavy atom. The number of halogens is 2. The Balaban J connectivity index is 1.36. The molecule has 2 N–H and O–H groups in total. The number of likely N-dealkylation sites (tertiary alicyclic amines) is 1. The zero-order valence-corrected chi connectivity index (χ0v) is 19.3. The number of carbonyl (C=O) groups excluding carboxylic acids is 1. The second-order valence-electron chi connectivity index (χ2n) is 7.92. The van der Waals surface area contributed by atoms with Gasteiger partial charge in [0.25, 0.3) is 0 Å². The Hall–Kier alpha value is -3.29. The van der Waals surface area contributed by atoms with Crippen molar-refractivity contribution >= 4 is 46.4 Å². The minimum Gasteiger partial charge on any atom is -0.366 e. The first-order valence-electron chi connectivity index (χ1n) is 10.8. The number of urea groups is 1. The minimum atomic E-state index is -0.0496. The van der Waals surface area contributed by atoms with Gasteiger partial charge in [-0.15, -0.1) is 0 Å². The standard InChI is InChI=1S/C24H22Cl2N6O/c25-18-6-3-17(20(26)13-18)15-27-23-14-21(30-22-9-10-28-32(22)23)16-4-7-19(8-5-16)29-24(33)31-11-1-2-12-31/h3-10,13-14,27H,1-2,11-12,15H2,(H,29,33). The SMILES string of the molecule is O=C(Nc1ccc(-c2cc(NCc3ccc(Cl)cc3Cl)n3nccc3n2)cc1)N1CCCC1. The van der Waals surface area contributed by atoms with Crippen molar-refractivity contribution in [1.82, 2.24) is 19.5 Å². The molecule has 7 nitrogen and oxygen atoms in total. The van der Waals surface area contributed by atoms with E-state index < -0.39 is 0 Å². The molecular formula is C24H22Cl2N6O. The normalized spacial score (nSPS) is 13.5. The van der Waals surface area contributed by atoms with Crippen LogP contribution in [-0.2, 0) is 6.54 Å². The third kappa shape index (κ3) is 4.74. The molecule has 1 fully saturated rings. The fraction of sp³-hybridized carbons (Fsp3) is 0.208. The van der Waals surface area contributed by atoms with Crippen LogP contribution >= 0.6 is 23.2 Å². The summed E-state index contributed by atoms with van der Waals surface area (Å²) in [6, 6.07) is 16.9. The second kappa shape index (κ2) is 9.29. The van der Waals surface area contributed by atoms with Crippen LogP contribution < -0.4 is 10.6 Å². The van der Waals surface area contributed by atoms with Crippen LogP contribution in [0.3, 0.4) is 0 Å². The van der Waals surface area contributed by atoms with E-state index in [2.05, 4.69) is 15.7 Å². The Bertz CT molecular complexity index is 1300. The number of rotatable bonds is 5. The lowest BCUT2D eigenvalue weighted by Crippen LogP contribution is -2.32. The number of anilines is 2. The highest BCUT2D eigenvalue weighted by atomic mass is 35.5. The number of nitrogens with zero attached hydrogens (tertiary/aromatic N) is 4. The van der Waals surface area contributed by atoms with Crippen LogP contribution in [0.15, 0.2) is 60.8 Å². The van der Waals surface area contributed by atoms with Crippen molar-refractivity contribution in [1.29, 1.82) is 0 Å². The van der Waals surface area contributed by atoms with Crippen molar-refractivity contribution in [3.63, 3.8) is 0 Å². The lowest BCUT2D eigenvalue weighted by atomic mass is 10.1. The van der Waals surface area contributed by atoms with Crippen LogP contribution in [0.4, 0.5) is 16.3 Å². The summed E-state index contributed by atoms with van der Waals surface area (Å²) in [6.07, 6.45) is 3.84. The van der Waals surface area contributed by atoms with Crippen molar-refractivity contribution in [3.8, 4) is 11.3 Å². The molecule has 9 heteroatoms. The third-order valence-electron chi connectivity index (χ3n) is 5.66. The molecule has 1 saturated heterocycles. The average Bonchev–Trinajstić information content (AvgIpc) is 3.51. The summed E-state index contributed by atoms with van der Waals surface area (Å²) < 4.78 is 1.75. The van der Waals surface area contributed by atoms with E-state index >= 15 is 0 Å². The van der Waals surface area contributed by atoms with Gasteiger partial charge in [-0.3, -0.25) is 0 Å². The minimum absolute atomic E-state index is 0.0496. The fourth-order valence-electron chi connectivity index (χ4n) is 3.88. The molecule has 0 radical (unpaired) electrons. The highest BCUT2D eigenvalue weighted by molar-refractivity contribution is 6.35. The topological polar surface area (TPSA) is 74.6 Å². The molecule has 0 atom stereocenters. The Kier molecular flexibility index (Phi) is 6.07. The van der Waals surface area contributed by atoms with E-state index in [1.807, 2.05) is 53.4 Å². The highest BCUT2D eigenvalue weighted by Crippen LogP contribution is 2.26. The maximum Gasteiger partial charge on any atom is 0.321 e. The Morgan fingerprint density at radius 1 is 1.00 bits per heavy atom. The van der Waals surface area contributed by atoms with E-state index in [1.165, 1.54) is 0 Å². The van der Waals surface area contributed by atoms with Crippen molar-refractivity contribution in [2.75, 3.05) is 23.7 Å². The molecule has 0 aliphatic carbocycles. The molecule has 0 bridgehead atoms. The first kappa shape index (κ1) is 21.6. The number of amides is 2. The lowest BCUT2D eigenvalue weighted by Gasteiger charge is -2.16. The molecule has 0 unspecified atom stereocenters. The van der Waals surface area contributed by atoms with Gasteiger partial charge in [-0.05, 0) is 42.7 Å². The highest BCUT2D eigenvalue weighted by Gasteiger charge is 2.17. The van der Waals surface area contributed by atoms with Crippen LogP contribution in [0.5, 0.6) is 0 Å². The fourth-order valence-corrected chi connectivity index (χ4v) is 4.36. The summed E-state index contributed by atoms with van der Waals surface area (Å²) in [5, 5.41) is 11.9. The maximum atomic E-state index is 12.3. The molecule has 1 aliphatic rings. The van der Waals surface area contributed by atoms with Crippen molar-refractivity contribution in [2.24, 2.45) is 0 Å². The second-order valence-corrected chi connectivity index (χ2v) is 8.76. The van der Waals surface area contributed by atoms with Gasteiger partial charge in [0.1, 0.15) is 5.82 Å². The number of hydrogen-bond acceptors (Lipinski definition) is 4. The summed E-state index contributed by atoms with van der Waals surface area (Å²) in [6.45, 7) is 2.14. The van der Waals surface area contributed by atoms with Gasteiger partial charge in [-0.25, -0.2) is 9.78 Å². The first-order valence-corrected chi connectivity index (χ1v) is 11.5. The van der Waals surface area contributed by atoms with E-state index in [4.69, 9.17) is 28.2 Å². The molecular weight excluding hydrogens is 459 g/mol. The predicted molar refractivity (Wildman–Crippen MR) is 132 cm³/mol. The van der Waals surface area contributed by atoms with E-state index in [9.17, 15) is 4.79 Å². The van der Waals surface area contributed by atoms with Crippen LogP contribution in [0.25, 0.3) is 16.9 Å². The van der Waals surface area contributed by atoms with Gasteiger partial charge in [-0.1, -0.05) is 41.4 Å². The molecule has 0 spiro atoms. The van der Waals surface area contributed by atoms with E-state index in [0.29, 0.717) is 16.6 Å². The molecule has 2 aromatic carbocycles. The average molecular weight is 481 g/mol. The summed E-state index contributed by atoms with van der Waals surface area (Å²) in [4.78, 5) is 18.9. The van der Waals surface area contributed by atoms with Crippen molar-refractivity contribution in [3.05, 3.63) is 76.4 Å². The van der Waals surface area contributed by atoms with Gasteiger partial charge in [0.2, 0.25) is 0 Å².